The molecule has 1 amide bonds. The number of nitrogens with zero attached hydrogens (tertiary/aromatic N) is 2. The molecule has 35 heavy (non-hydrogen) atoms. The minimum Gasteiger partial charge on any atom is -0.633 e. The van der Waals surface area contributed by atoms with Gasteiger partial charge in [-0.25, -0.2) is 0 Å². The number of benzene rings is 2. The van der Waals surface area contributed by atoms with E-state index in [9.17, 15) is 10.0 Å². The third-order valence-electron chi connectivity index (χ3n) is 7.27. The van der Waals surface area contributed by atoms with Crippen molar-refractivity contribution in [3.63, 3.8) is 0 Å². The first-order valence-electron chi connectivity index (χ1n) is 12.1. The lowest BCUT2D eigenvalue weighted by Gasteiger charge is -2.44. The molecule has 0 saturated heterocycles. The van der Waals surface area contributed by atoms with E-state index in [1.165, 1.54) is 11.1 Å². The highest BCUT2D eigenvalue weighted by Gasteiger charge is 2.33. The van der Waals surface area contributed by atoms with E-state index < -0.39 is 0 Å². The van der Waals surface area contributed by atoms with Crippen LogP contribution < -0.4 is 18.9 Å². The molecule has 190 valence electrons. The zero-order chi connectivity index (χ0) is 25.2. The number of ether oxygens (including phenoxy) is 4. The first kappa shape index (κ1) is 25.1. The van der Waals surface area contributed by atoms with Crippen LogP contribution in [0.1, 0.15) is 34.6 Å². The van der Waals surface area contributed by atoms with Crippen molar-refractivity contribution in [1.82, 2.24) is 4.90 Å². The first-order valence-corrected chi connectivity index (χ1v) is 12.1. The quantitative estimate of drug-likeness (QED) is 0.380. The third kappa shape index (κ3) is 5.33. The van der Waals surface area contributed by atoms with Crippen LogP contribution in [0.3, 0.4) is 0 Å². The van der Waals surface area contributed by atoms with Crippen LogP contribution in [0.5, 0.6) is 23.0 Å². The van der Waals surface area contributed by atoms with E-state index in [2.05, 4.69) is 0 Å². The van der Waals surface area contributed by atoms with Crippen molar-refractivity contribution in [3.05, 3.63) is 51.7 Å². The molecule has 0 bridgehead atoms. The molecule has 0 spiro atoms. The Kier molecular flexibility index (Phi) is 7.42. The van der Waals surface area contributed by atoms with Crippen LogP contribution in [0, 0.1) is 5.21 Å². The highest BCUT2D eigenvalue weighted by atomic mass is 16.5. The number of rotatable bonds is 10. The first-order chi connectivity index (χ1) is 16.8. The number of amides is 1. The van der Waals surface area contributed by atoms with Gasteiger partial charge in [0.25, 0.3) is 0 Å². The standard InChI is InChI=1S/C27H36N2O6/c1-29(31,17-21-11-20-14-25(34-4)26(35-5)16-22(20)21)10-6-8-28-9-7-18-12-23(32-2)24(33-3)13-19(18)15-27(28)30/h12-14,16,21H,6-11,15,17H2,1-5H3/t21-,29?/m1/s1. The van der Waals surface area contributed by atoms with Crippen molar-refractivity contribution in [2.24, 2.45) is 0 Å². The summed E-state index contributed by atoms with van der Waals surface area (Å²) in [5.41, 5.74) is 4.48. The molecule has 2 aromatic rings. The lowest BCUT2D eigenvalue weighted by molar-refractivity contribution is -0.862. The van der Waals surface area contributed by atoms with Gasteiger partial charge in [0.05, 0.1) is 55.0 Å². The Hall–Kier alpha value is -2.97. The number of hydrogen-bond donors (Lipinski definition) is 0. The van der Waals surface area contributed by atoms with Crippen molar-refractivity contribution >= 4 is 5.91 Å². The van der Waals surface area contributed by atoms with Crippen molar-refractivity contribution in [2.45, 2.75) is 31.6 Å². The summed E-state index contributed by atoms with van der Waals surface area (Å²) in [6.45, 7) is 2.21. The number of methoxy groups -OCH3 is 4. The average Bonchev–Trinajstić information content (AvgIpc) is 2.98. The Bertz CT molecular complexity index is 1080. The number of carbonyl (C=O) groups is 1. The second-order valence-corrected chi connectivity index (χ2v) is 9.65. The molecule has 0 saturated carbocycles. The number of likely N-dealkylation sites (N-methyl/N-ethyl adjacent to an activating group) is 1. The summed E-state index contributed by atoms with van der Waals surface area (Å²) in [4.78, 5) is 14.8. The van der Waals surface area contributed by atoms with E-state index in [4.69, 9.17) is 18.9 Å². The Morgan fingerprint density at radius 3 is 2.11 bits per heavy atom. The molecule has 1 aliphatic carbocycles. The van der Waals surface area contributed by atoms with Gasteiger partial charge in [-0.15, -0.1) is 0 Å². The predicted molar refractivity (Wildman–Crippen MR) is 133 cm³/mol. The second kappa shape index (κ2) is 10.3. The van der Waals surface area contributed by atoms with Gasteiger partial charge in [-0.05, 0) is 59.4 Å². The van der Waals surface area contributed by atoms with Gasteiger partial charge >= 0.3 is 0 Å². The molecular weight excluding hydrogens is 448 g/mol. The van der Waals surface area contributed by atoms with Crippen LogP contribution in [0.25, 0.3) is 0 Å². The maximum atomic E-state index is 13.3. The molecule has 2 atom stereocenters. The Morgan fingerprint density at radius 1 is 0.914 bits per heavy atom. The molecule has 0 aromatic heterocycles. The Labute approximate surface area is 207 Å². The Morgan fingerprint density at radius 2 is 1.49 bits per heavy atom. The molecule has 0 fully saturated rings. The smallest absolute Gasteiger partial charge is 0.227 e. The van der Waals surface area contributed by atoms with E-state index in [0.717, 1.165) is 29.7 Å². The fourth-order valence-electron chi connectivity index (χ4n) is 5.31. The van der Waals surface area contributed by atoms with Gasteiger partial charge < -0.3 is 33.7 Å². The lowest BCUT2D eigenvalue weighted by Crippen LogP contribution is -2.45. The number of carbonyl (C=O) groups excluding carboxylic acids is 1. The molecule has 8 nitrogen and oxygen atoms in total. The number of hydroxylamine groups is 3. The predicted octanol–water partition coefficient (Wildman–Crippen LogP) is 3.32. The zero-order valence-corrected chi connectivity index (χ0v) is 21.4. The van der Waals surface area contributed by atoms with Crippen molar-refractivity contribution < 1.29 is 28.4 Å². The van der Waals surface area contributed by atoms with Gasteiger partial charge in [-0.1, -0.05) is 0 Å². The molecule has 1 aliphatic heterocycles. The maximum Gasteiger partial charge on any atom is 0.227 e. The fraction of sp³-hybridized carbons (Fsp3) is 0.519. The largest absolute Gasteiger partial charge is 0.633 e. The molecular formula is C27H36N2O6. The second-order valence-electron chi connectivity index (χ2n) is 9.65. The van der Waals surface area contributed by atoms with Gasteiger partial charge in [0.15, 0.2) is 23.0 Å². The van der Waals surface area contributed by atoms with Crippen LogP contribution in [0.2, 0.25) is 0 Å². The molecule has 0 radical (unpaired) electrons. The topological polar surface area (TPSA) is 80.3 Å². The summed E-state index contributed by atoms with van der Waals surface area (Å²) >= 11 is 0. The minimum atomic E-state index is -0.324. The highest BCUT2D eigenvalue weighted by molar-refractivity contribution is 5.80. The summed E-state index contributed by atoms with van der Waals surface area (Å²) in [7, 11) is 8.21. The molecule has 0 N–H and O–H groups in total. The van der Waals surface area contributed by atoms with Gasteiger partial charge in [0.2, 0.25) is 5.91 Å². The van der Waals surface area contributed by atoms with E-state index in [1.54, 1.807) is 35.5 Å². The number of quaternary nitrogens is 1. The fourth-order valence-corrected chi connectivity index (χ4v) is 5.31. The van der Waals surface area contributed by atoms with Gasteiger partial charge in [-0.2, -0.15) is 0 Å². The lowest BCUT2D eigenvalue weighted by atomic mass is 9.77. The molecule has 1 heterocycles. The highest BCUT2D eigenvalue weighted by Crippen LogP contribution is 2.43. The Balaban J connectivity index is 1.32. The summed E-state index contributed by atoms with van der Waals surface area (Å²) in [5.74, 6) is 3.05. The van der Waals surface area contributed by atoms with Crippen molar-refractivity contribution in [2.75, 3.05) is 61.7 Å². The van der Waals surface area contributed by atoms with Crippen molar-refractivity contribution in [1.29, 1.82) is 0 Å². The summed E-state index contributed by atoms with van der Waals surface area (Å²) < 4.78 is 21.3. The van der Waals surface area contributed by atoms with E-state index in [0.29, 0.717) is 56.3 Å². The van der Waals surface area contributed by atoms with E-state index >= 15 is 0 Å². The minimum absolute atomic E-state index is 0.0880. The zero-order valence-electron chi connectivity index (χ0n) is 21.4. The summed E-state index contributed by atoms with van der Waals surface area (Å²) in [6, 6.07) is 7.88. The monoisotopic (exact) mass is 484 g/mol. The number of fused-ring (bicyclic) bond motifs is 2. The van der Waals surface area contributed by atoms with E-state index in [-0.39, 0.29) is 16.5 Å². The van der Waals surface area contributed by atoms with E-state index in [1.807, 2.05) is 29.2 Å². The third-order valence-corrected chi connectivity index (χ3v) is 7.27. The van der Waals surface area contributed by atoms with Crippen LogP contribution in [0.15, 0.2) is 24.3 Å². The summed E-state index contributed by atoms with van der Waals surface area (Å²) in [6.07, 6.45) is 2.64. The van der Waals surface area contributed by atoms with Gasteiger partial charge in [-0.3, -0.25) is 4.79 Å². The molecule has 2 aliphatic rings. The summed E-state index contributed by atoms with van der Waals surface area (Å²) in [5, 5.41) is 13.3. The van der Waals surface area contributed by atoms with Crippen LogP contribution in [0.4, 0.5) is 0 Å². The molecule has 4 rings (SSSR count). The molecule has 8 heteroatoms. The maximum absolute atomic E-state index is 13.3. The van der Waals surface area contributed by atoms with Crippen molar-refractivity contribution in [3.8, 4) is 23.0 Å². The number of hydrogen-bond acceptors (Lipinski definition) is 6. The van der Waals surface area contributed by atoms with Crippen LogP contribution >= 0.6 is 0 Å². The van der Waals surface area contributed by atoms with Gasteiger partial charge in [0.1, 0.15) is 0 Å². The normalized spacial score (nSPS) is 18.5. The average molecular weight is 485 g/mol. The van der Waals surface area contributed by atoms with Crippen LogP contribution in [-0.4, -0.2) is 77.1 Å². The van der Waals surface area contributed by atoms with Gasteiger partial charge in [0, 0.05) is 25.4 Å². The van der Waals surface area contributed by atoms with Crippen LogP contribution in [-0.2, 0) is 24.1 Å². The molecule has 2 aromatic carbocycles. The SMILES string of the molecule is COc1cc2c(cc1OC)CC(=O)N(CCC[N+](C)([O-])C[C@H]1Cc3cc(OC)c(OC)cc31)CC2. The molecule has 1 unspecified atom stereocenters.